The first-order valence-electron chi connectivity index (χ1n) is 28.5. The zero-order valence-electron chi connectivity index (χ0n) is 45.2. The number of hydrogen-bond donors (Lipinski definition) is 1. The van der Waals surface area contributed by atoms with Crippen molar-refractivity contribution in [2.24, 2.45) is 17.8 Å². The summed E-state index contributed by atoms with van der Waals surface area (Å²) < 4.78 is 15.9. The predicted molar refractivity (Wildman–Crippen MR) is 280 cm³/mol. The number of nitrogens with one attached hydrogen (secondary N) is 1. The first-order chi connectivity index (χ1) is 32.2. The molecule has 0 fully saturated rings. The summed E-state index contributed by atoms with van der Waals surface area (Å²) in [6, 6.07) is 0.344. The standard InChI is InChI=1S/C48H94N2O5.C9H18O2/c1-7-12-15-16-17-22-27-35-45(36-28-23-18-19-25-30-38-47(52)55-42-43(10-4)33-13-8-2)50(40-32-39-49-6)46(51)37-29-24-20-21-26-31-41-54-48(53)44(11-5)34-14-9-3;1-3-5-6-9(4-2)7-11-8-10/h43-45,49H,7-42H2,1-6H3;8-9H,3-7H2,1-2H3. The van der Waals surface area contributed by atoms with Crippen molar-refractivity contribution in [3.63, 3.8) is 0 Å². The molecule has 0 aliphatic rings. The minimum atomic E-state index is -0.0242. The maximum Gasteiger partial charge on any atom is 0.308 e. The molecule has 0 aliphatic carbocycles. The Morgan fingerprint density at radius 1 is 0.500 bits per heavy atom. The summed E-state index contributed by atoms with van der Waals surface area (Å²) in [7, 11) is 2.00. The van der Waals surface area contributed by atoms with E-state index < -0.39 is 0 Å². The van der Waals surface area contributed by atoms with Crippen LogP contribution in [0.25, 0.3) is 0 Å². The highest BCUT2D eigenvalue weighted by atomic mass is 16.5. The Morgan fingerprint density at radius 3 is 1.50 bits per heavy atom. The SMILES string of the molecule is CCCCC(CC)COC=O.CCCCCCCCCC(CCCCCCCCC(=O)OCC(CC)CCCC)N(CCCNC)C(=O)CCCCCCCCOC(=O)C(CC)CCCC. The number of ether oxygens (including phenoxy) is 3. The maximum atomic E-state index is 13.8. The van der Waals surface area contributed by atoms with E-state index in [-0.39, 0.29) is 17.9 Å². The van der Waals surface area contributed by atoms with E-state index >= 15 is 0 Å². The van der Waals surface area contributed by atoms with Gasteiger partial charge in [0.15, 0.2) is 0 Å². The fourth-order valence-corrected chi connectivity index (χ4v) is 8.80. The van der Waals surface area contributed by atoms with Gasteiger partial charge in [0.25, 0.3) is 6.47 Å². The third kappa shape index (κ3) is 42.0. The van der Waals surface area contributed by atoms with Crippen LogP contribution in [0.2, 0.25) is 0 Å². The van der Waals surface area contributed by atoms with Gasteiger partial charge in [-0.25, -0.2) is 0 Å². The Balaban J connectivity index is 0. The van der Waals surface area contributed by atoms with Crippen molar-refractivity contribution >= 4 is 24.3 Å². The molecular weight excluding hydrogens is 825 g/mol. The second-order valence-electron chi connectivity index (χ2n) is 19.5. The molecule has 0 spiro atoms. The van der Waals surface area contributed by atoms with E-state index in [1.165, 1.54) is 96.3 Å². The van der Waals surface area contributed by atoms with Gasteiger partial charge in [-0.15, -0.1) is 0 Å². The molecule has 66 heavy (non-hydrogen) atoms. The lowest BCUT2D eigenvalue weighted by atomic mass is 9.97. The summed E-state index contributed by atoms with van der Waals surface area (Å²) >= 11 is 0. The number of unbranched alkanes of at least 4 members (excludes halogenated alkanes) is 19. The van der Waals surface area contributed by atoms with E-state index in [9.17, 15) is 19.2 Å². The van der Waals surface area contributed by atoms with Gasteiger partial charge in [-0.2, -0.15) is 0 Å². The molecule has 0 saturated heterocycles. The molecule has 4 unspecified atom stereocenters. The van der Waals surface area contributed by atoms with Gasteiger partial charge in [-0.05, 0) is 89.6 Å². The Bertz CT molecular complexity index is 1060. The second kappa shape index (κ2) is 52.2. The smallest absolute Gasteiger partial charge is 0.308 e. The minimum absolute atomic E-state index is 0.0110. The van der Waals surface area contributed by atoms with E-state index in [1.807, 2.05) is 7.05 Å². The van der Waals surface area contributed by atoms with Gasteiger partial charge in [0.05, 0.1) is 25.7 Å². The van der Waals surface area contributed by atoms with Crippen LogP contribution >= 0.6 is 0 Å². The molecule has 0 aliphatic heterocycles. The van der Waals surface area contributed by atoms with Crippen molar-refractivity contribution < 1.29 is 33.4 Å². The topological polar surface area (TPSA) is 111 Å². The van der Waals surface area contributed by atoms with E-state index in [0.717, 1.165) is 135 Å². The fourth-order valence-electron chi connectivity index (χ4n) is 8.80. The zero-order chi connectivity index (χ0) is 49.1. The van der Waals surface area contributed by atoms with Crippen LogP contribution in [-0.4, -0.2) is 75.2 Å². The average Bonchev–Trinajstić information content (AvgIpc) is 3.32. The third-order valence-corrected chi connectivity index (χ3v) is 13.6. The van der Waals surface area contributed by atoms with Crippen molar-refractivity contribution in [2.75, 3.05) is 40.0 Å². The summed E-state index contributed by atoms with van der Waals surface area (Å²) in [5, 5.41) is 3.29. The maximum absolute atomic E-state index is 13.8. The molecule has 0 rings (SSSR count). The summed E-state index contributed by atoms with van der Waals surface area (Å²) in [4.78, 5) is 50.6. The molecule has 0 aromatic rings. The van der Waals surface area contributed by atoms with E-state index in [2.05, 4.69) is 58.7 Å². The van der Waals surface area contributed by atoms with Crippen LogP contribution in [0.3, 0.4) is 0 Å². The molecule has 0 aromatic carbocycles. The van der Waals surface area contributed by atoms with Crippen molar-refractivity contribution in [3.05, 3.63) is 0 Å². The number of amides is 1. The molecule has 392 valence electrons. The number of nitrogens with zero attached hydrogens (tertiary/aromatic N) is 1. The van der Waals surface area contributed by atoms with Crippen LogP contribution in [-0.2, 0) is 33.4 Å². The van der Waals surface area contributed by atoms with Crippen molar-refractivity contribution in [1.29, 1.82) is 0 Å². The normalized spacial score (nSPS) is 13.0. The Morgan fingerprint density at radius 2 is 0.985 bits per heavy atom. The van der Waals surface area contributed by atoms with Crippen LogP contribution in [0.5, 0.6) is 0 Å². The van der Waals surface area contributed by atoms with E-state index in [0.29, 0.717) is 62.9 Å². The van der Waals surface area contributed by atoms with Gasteiger partial charge in [0.2, 0.25) is 5.91 Å². The highest BCUT2D eigenvalue weighted by molar-refractivity contribution is 5.76. The lowest BCUT2D eigenvalue weighted by Gasteiger charge is -2.33. The lowest BCUT2D eigenvalue weighted by Crippen LogP contribution is -2.41. The summed E-state index contributed by atoms with van der Waals surface area (Å²) in [6.07, 6.45) is 40.0. The van der Waals surface area contributed by atoms with Crippen LogP contribution in [0.15, 0.2) is 0 Å². The van der Waals surface area contributed by atoms with E-state index in [1.54, 1.807) is 0 Å². The number of carbonyl (C=O) groups is 4. The molecule has 1 N–H and O–H groups in total. The molecule has 9 heteroatoms. The Hall–Kier alpha value is -2.16. The van der Waals surface area contributed by atoms with Crippen LogP contribution in [0.1, 0.15) is 280 Å². The minimum Gasteiger partial charge on any atom is -0.468 e. The second-order valence-corrected chi connectivity index (χ2v) is 19.5. The molecule has 1 amide bonds. The first-order valence-corrected chi connectivity index (χ1v) is 28.5. The van der Waals surface area contributed by atoms with Crippen LogP contribution in [0, 0.1) is 17.8 Å². The van der Waals surface area contributed by atoms with Gasteiger partial charge in [0.1, 0.15) is 0 Å². The molecule has 0 aromatic heterocycles. The summed E-state index contributed by atoms with van der Waals surface area (Å²) in [5.41, 5.74) is 0. The van der Waals surface area contributed by atoms with E-state index in [4.69, 9.17) is 14.2 Å². The largest absolute Gasteiger partial charge is 0.468 e. The predicted octanol–water partition coefficient (Wildman–Crippen LogP) is 15.7. The molecular formula is C57H112N2O7. The van der Waals surface area contributed by atoms with Crippen molar-refractivity contribution in [3.8, 4) is 0 Å². The molecule has 9 nitrogen and oxygen atoms in total. The highest BCUT2D eigenvalue weighted by Crippen LogP contribution is 2.22. The first kappa shape index (κ1) is 65.9. The van der Waals surface area contributed by atoms with Gasteiger partial charge < -0.3 is 24.4 Å². The number of hydrogen-bond acceptors (Lipinski definition) is 8. The molecule has 4 atom stereocenters. The molecule has 0 radical (unpaired) electrons. The number of esters is 2. The summed E-state index contributed by atoms with van der Waals surface area (Å²) in [6.45, 7) is 19.3. The van der Waals surface area contributed by atoms with Gasteiger partial charge in [-0.3, -0.25) is 19.2 Å². The highest BCUT2D eigenvalue weighted by Gasteiger charge is 2.23. The monoisotopic (exact) mass is 937 g/mol. The summed E-state index contributed by atoms with van der Waals surface area (Å²) in [5.74, 6) is 1.46. The van der Waals surface area contributed by atoms with Crippen LogP contribution in [0.4, 0.5) is 0 Å². The molecule has 0 heterocycles. The average molecular weight is 938 g/mol. The van der Waals surface area contributed by atoms with Gasteiger partial charge >= 0.3 is 11.9 Å². The Labute approximate surface area is 409 Å². The molecule has 0 bridgehead atoms. The van der Waals surface area contributed by atoms with Crippen molar-refractivity contribution in [1.82, 2.24) is 10.2 Å². The zero-order valence-corrected chi connectivity index (χ0v) is 45.2. The number of carbonyl (C=O) groups excluding carboxylic acids is 4. The quantitative estimate of drug-likeness (QED) is 0.0278. The number of rotatable bonds is 49. The lowest BCUT2D eigenvalue weighted by molar-refractivity contribution is -0.149. The van der Waals surface area contributed by atoms with Crippen LogP contribution < -0.4 is 5.32 Å². The fraction of sp³-hybridized carbons (Fsp3) is 0.930. The molecule has 0 saturated carbocycles. The van der Waals surface area contributed by atoms with Gasteiger partial charge in [0, 0.05) is 25.4 Å². The Kier molecular flexibility index (Phi) is 52.2. The van der Waals surface area contributed by atoms with Gasteiger partial charge in [-0.1, -0.05) is 203 Å². The van der Waals surface area contributed by atoms with Crippen molar-refractivity contribution in [2.45, 2.75) is 286 Å². The third-order valence-electron chi connectivity index (χ3n) is 13.6.